The Morgan fingerprint density at radius 3 is 2.78 bits per heavy atom. The van der Waals surface area contributed by atoms with Crippen molar-refractivity contribution in [3.63, 3.8) is 0 Å². The van der Waals surface area contributed by atoms with E-state index in [2.05, 4.69) is 42.4 Å². The number of nitrogens with zero attached hydrogens (tertiary/aromatic N) is 7. The van der Waals surface area contributed by atoms with Crippen molar-refractivity contribution in [3.05, 3.63) is 66.2 Å². The average molecular weight is 378 g/mol. The van der Waals surface area contributed by atoms with Gasteiger partial charge in [-0.15, -0.1) is 5.10 Å². The molecule has 0 N–H and O–H groups in total. The lowest BCUT2D eigenvalue weighted by atomic mass is 10.1. The van der Waals surface area contributed by atoms with Gasteiger partial charge in [0.05, 0.1) is 12.6 Å². The number of rotatable bonds is 7. The summed E-state index contributed by atoms with van der Waals surface area (Å²) in [6.07, 6.45) is 7.02. The van der Waals surface area contributed by atoms with E-state index in [0.717, 1.165) is 19.4 Å². The van der Waals surface area contributed by atoms with Crippen LogP contribution < -0.4 is 0 Å². The molecule has 0 aliphatic heterocycles. The largest absolute Gasteiger partial charge is 0.740 e. The topological polar surface area (TPSA) is 95.4 Å². The summed E-state index contributed by atoms with van der Waals surface area (Å²) in [7, 11) is 0. The summed E-state index contributed by atoms with van der Waals surface area (Å²) in [5.74, 6) is 1.54. The molecule has 4 rings (SSSR count). The monoisotopic (exact) mass is 378 g/mol. The number of aryl methyl sites for hydroxylation is 1. The lowest BCUT2D eigenvalue weighted by molar-refractivity contribution is 0.381. The van der Waals surface area contributed by atoms with E-state index in [4.69, 9.17) is 17.2 Å². The molecule has 0 atom stereocenters. The van der Waals surface area contributed by atoms with Crippen molar-refractivity contribution in [3.8, 4) is 11.5 Å². The van der Waals surface area contributed by atoms with E-state index in [9.17, 15) is 0 Å². The van der Waals surface area contributed by atoms with Crippen molar-refractivity contribution in [1.82, 2.24) is 34.9 Å². The Bertz CT molecular complexity index is 1000. The average Bonchev–Trinajstić information content (AvgIpc) is 3.32. The van der Waals surface area contributed by atoms with Crippen molar-refractivity contribution in [1.29, 1.82) is 0 Å². The molecule has 0 radical (unpaired) electrons. The minimum absolute atomic E-state index is 0.363. The van der Waals surface area contributed by atoms with Gasteiger partial charge in [-0.3, -0.25) is 4.98 Å². The predicted octanol–water partition coefficient (Wildman–Crippen LogP) is 2.25. The molecule has 9 heteroatoms. The molecule has 0 unspecified atom stereocenters. The number of hydrogen-bond donors (Lipinski definition) is 0. The van der Waals surface area contributed by atoms with Gasteiger partial charge >= 0.3 is 0 Å². The van der Waals surface area contributed by atoms with Gasteiger partial charge in [0.25, 0.3) is 0 Å². The highest BCUT2D eigenvalue weighted by molar-refractivity contribution is 7.58. The van der Waals surface area contributed by atoms with E-state index in [1.807, 2.05) is 22.8 Å². The molecule has 136 valence electrons. The van der Waals surface area contributed by atoms with Crippen LogP contribution in [-0.2, 0) is 32.0 Å². The SMILES string of the molecule is [S-]c1nnc(Cc2nc(-c3cnccn3)no2)n1CCCc1ccccc1. The molecule has 0 fully saturated rings. The summed E-state index contributed by atoms with van der Waals surface area (Å²) >= 11 is 5.31. The molecule has 0 aliphatic carbocycles. The Labute approximate surface area is 161 Å². The molecular formula is C18H16N7OS-. The first-order valence-electron chi connectivity index (χ1n) is 8.51. The van der Waals surface area contributed by atoms with Crippen molar-refractivity contribution >= 4 is 12.6 Å². The van der Waals surface area contributed by atoms with Crippen LogP contribution in [0.2, 0.25) is 0 Å². The minimum atomic E-state index is 0.363. The fourth-order valence-corrected chi connectivity index (χ4v) is 2.98. The fraction of sp³-hybridized carbons (Fsp3) is 0.222. The van der Waals surface area contributed by atoms with Crippen LogP contribution in [0.1, 0.15) is 23.7 Å². The zero-order chi connectivity index (χ0) is 18.5. The zero-order valence-electron chi connectivity index (χ0n) is 14.4. The Morgan fingerprint density at radius 2 is 1.96 bits per heavy atom. The second kappa shape index (κ2) is 8.00. The normalized spacial score (nSPS) is 11.0. The van der Waals surface area contributed by atoms with Gasteiger partial charge in [0, 0.05) is 24.1 Å². The molecule has 0 saturated heterocycles. The van der Waals surface area contributed by atoms with Crippen LogP contribution in [0.25, 0.3) is 11.5 Å². The third kappa shape index (κ3) is 4.14. The van der Waals surface area contributed by atoms with Gasteiger partial charge in [0.15, 0.2) is 0 Å². The summed E-state index contributed by atoms with van der Waals surface area (Å²) in [4.78, 5) is 12.5. The zero-order valence-corrected chi connectivity index (χ0v) is 15.2. The standard InChI is InChI=1S/C18H17N7OS/c27-18-23-22-15(25(18)10-4-7-13-5-2-1-3-6-13)11-16-21-17(24-26-16)14-12-19-8-9-20-14/h1-3,5-6,8-9,12H,4,7,10-11H2,(H,23,27)/p-1. The van der Waals surface area contributed by atoms with E-state index in [0.29, 0.717) is 34.8 Å². The van der Waals surface area contributed by atoms with Crippen molar-refractivity contribution in [2.75, 3.05) is 0 Å². The summed E-state index contributed by atoms with van der Waals surface area (Å²) in [5, 5.41) is 12.6. The Morgan fingerprint density at radius 1 is 1.07 bits per heavy atom. The smallest absolute Gasteiger partial charge is 0.234 e. The van der Waals surface area contributed by atoms with Gasteiger partial charge < -0.3 is 21.7 Å². The summed E-state index contributed by atoms with van der Waals surface area (Å²) in [5.41, 5.74) is 1.85. The van der Waals surface area contributed by atoms with Crippen LogP contribution in [0.5, 0.6) is 0 Å². The molecule has 27 heavy (non-hydrogen) atoms. The van der Waals surface area contributed by atoms with E-state index in [1.165, 1.54) is 5.56 Å². The maximum absolute atomic E-state index is 5.32. The molecule has 3 heterocycles. The van der Waals surface area contributed by atoms with Crippen LogP contribution in [-0.4, -0.2) is 34.9 Å². The summed E-state index contributed by atoms with van der Waals surface area (Å²) in [6, 6.07) is 10.3. The van der Waals surface area contributed by atoms with Crippen LogP contribution in [0.4, 0.5) is 0 Å². The first kappa shape index (κ1) is 17.2. The van der Waals surface area contributed by atoms with E-state index < -0.39 is 0 Å². The third-order valence-electron chi connectivity index (χ3n) is 4.05. The Hall–Kier alpha value is -3.20. The first-order chi connectivity index (χ1) is 13.3. The molecule has 0 aliphatic rings. The Kier molecular flexibility index (Phi) is 5.10. The van der Waals surface area contributed by atoms with Crippen molar-refractivity contribution in [2.45, 2.75) is 31.0 Å². The fourth-order valence-electron chi connectivity index (χ4n) is 2.74. The molecule has 0 bridgehead atoms. The molecule has 3 aromatic heterocycles. The van der Waals surface area contributed by atoms with Crippen LogP contribution in [0, 0.1) is 0 Å². The number of benzene rings is 1. The van der Waals surface area contributed by atoms with Gasteiger partial charge in [-0.05, 0) is 18.4 Å². The van der Waals surface area contributed by atoms with E-state index >= 15 is 0 Å². The van der Waals surface area contributed by atoms with E-state index in [-0.39, 0.29) is 0 Å². The van der Waals surface area contributed by atoms with Gasteiger partial charge in [0.1, 0.15) is 11.5 Å². The second-order valence-electron chi connectivity index (χ2n) is 5.92. The molecule has 8 nitrogen and oxygen atoms in total. The van der Waals surface area contributed by atoms with Crippen LogP contribution in [0.15, 0.2) is 58.6 Å². The lowest BCUT2D eigenvalue weighted by Crippen LogP contribution is -2.07. The van der Waals surface area contributed by atoms with Gasteiger partial charge in [-0.1, -0.05) is 35.5 Å². The maximum atomic E-state index is 5.32. The minimum Gasteiger partial charge on any atom is -0.740 e. The maximum Gasteiger partial charge on any atom is 0.234 e. The van der Waals surface area contributed by atoms with Crippen LogP contribution >= 0.6 is 0 Å². The highest BCUT2D eigenvalue weighted by Gasteiger charge is 2.14. The molecule has 0 amide bonds. The first-order valence-corrected chi connectivity index (χ1v) is 8.92. The Balaban J connectivity index is 1.43. The number of aromatic nitrogens is 7. The molecule has 4 aromatic rings. The lowest BCUT2D eigenvalue weighted by Gasteiger charge is -2.12. The number of hydrogen-bond acceptors (Lipinski definition) is 8. The van der Waals surface area contributed by atoms with E-state index in [1.54, 1.807) is 18.6 Å². The highest BCUT2D eigenvalue weighted by Crippen LogP contribution is 2.14. The van der Waals surface area contributed by atoms with Crippen molar-refractivity contribution in [2.24, 2.45) is 0 Å². The third-order valence-corrected chi connectivity index (χ3v) is 4.36. The predicted molar refractivity (Wildman–Crippen MR) is 98.5 cm³/mol. The second-order valence-corrected chi connectivity index (χ2v) is 6.28. The van der Waals surface area contributed by atoms with Gasteiger partial charge in [0.2, 0.25) is 11.7 Å². The molecule has 0 spiro atoms. The molecular weight excluding hydrogens is 362 g/mol. The molecule has 0 saturated carbocycles. The molecule has 1 aromatic carbocycles. The summed E-state index contributed by atoms with van der Waals surface area (Å²) < 4.78 is 7.24. The van der Waals surface area contributed by atoms with Gasteiger partial charge in [-0.25, -0.2) is 4.98 Å². The van der Waals surface area contributed by atoms with Crippen LogP contribution in [0.3, 0.4) is 0 Å². The highest BCUT2D eigenvalue weighted by atomic mass is 32.1. The quantitative estimate of drug-likeness (QED) is 0.452. The van der Waals surface area contributed by atoms with Crippen molar-refractivity contribution < 1.29 is 4.52 Å². The summed E-state index contributed by atoms with van der Waals surface area (Å²) in [6.45, 7) is 0.737. The van der Waals surface area contributed by atoms with Gasteiger partial charge in [-0.2, -0.15) is 10.1 Å².